The van der Waals surface area contributed by atoms with E-state index in [1.54, 1.807) is 35.2 Å². The number of ether oxygens (including phenoxy) is 3. The lowest BCUT2D eigenvalue weighted by atomic mass is 10.2. The number of hydrogen-bond donors (Lipinski definition) is 1. The molecule has 1 aromatic carbocycles. The minimum Gasteiger partial charge on any atom is -0.457 e. The summed E-state index contributed by atoms with van der Waals surface area (Å²) in [5, 5.41) is 0. The molecule has 3 aromatic rings. The first-order chi connectivity index (χ1) is 12.6. The third kappa shape index (κ3) is 3.09. The number of imidazole rings is 1. The van der Waals surface area contributed by atoms with Crippen LogP contribution < -0.4 is 5.73 Å². The van der Waals surface area contributed by atoms with Gasteiger partial charge in [0.2, 0.25) is 5.95 Å². The molecular formula is C17H17N5O4. The van der Waals surface area contributed by atoms with Gasteiger partial charge in [-0.1, -0.05) is 18.2 Å². The third-order valence-electron chi connectivity index (χ3n) is 4.02. The summed E-state index contributed by atoms with van der Waals surface area (Å²) < 4.78 is 18.3. The van der Waals surface area contributed by atoms with Gasteiger partial charge in [-0.25, -0.2) is 14.8 Å². The topological polar surface area (TPSA) is 114 Å². The number of hydrogen-bond acceptors (Lipinski definition) is 8. The molecule has 4 rings (SSSR count). The maximum atomic E-state index is 12.0. The molecule has 0 aliphatic carbocycles. The fraction of sp³-hybridized carbons (Fsp3) is 0.294. The molecule has 9 nitrogen and oxygen atoms in total. The average Bonchev–Trinajstić information content (AvgIpc) is 3.27. The fourth-order valence-corrected chi connectivity index (χ4v) is 2.77. The van der Waals surface area contributed by atoms with Crippen LogP contribution in [0.15, 0.2) is 36.7 Å². The number of aromatic nitrogens is 4. The average molecular weight is 355 g/mol. The smallest absolute Gasteiger partial charge is 0.338 e. The number of carbonyl (C=O) groups excluding carboxylic acids is 1. The van der Waals surface area contributed by atoms with Crippen molar-refractivity contribution >= 4 is 23.1 Å². The van der Waals surface area contributed by atoms with E-state index < -0.39 is 18.5 Å². The van der Waals surface area contributed by atoms with E-state index in [1.165, 1.54) is 0 Å². The van der Waals surface area contributed by atoms with Crippen LogP contribution in [0.1, 0.15) is 22.3 Å². The van der Waals surface area contributed by atoms with Gasteiger partial charge in [0.15, 0.2) is 18.2 Å². The largest absolute Gasteiger partial charge is 0.457 e. The van der Waals surface area contributed by atoms with E-state index in [0.29, 0.717) is 22.4 Å². The summed E-state index contributed by atoms with van der Waals surface area (Å²) in [4.78, 5) is 24.6. The molecule has 0 bridgehead atoms. The molecule has 1 aliphatic rings. The molecule has 1 fully saturated rings. The summed E-state index contributed by atoms with van der Waals surface area (Å²) in [6, 6.07) is 8.75. The van der Waals surface area contributed by atoms with Crippen molar-refractivity contribution in [3.8, 4) is 0 Å². The highest BCUT2D eigenvalue weighted by atomic mass is 16.7. The Labute approximate surface area is 148 Å². The lowest BCUT2D eigenvalue weighted by Crippen LogP contribution is -2.20. The number of fused-ring (bicyclic) bond motifs is 1. The van der Waals surface area contributed by atoms with E-state index in [2.05, 4.69) is 15.0 Å². The number of anilines is 1. The van der Waals surface area contributed by atoms with Gasteiger partial charge in [-0.05, 0) is 19.1 Å². The monoisotopic (exact) mass is 355 g/mol. The van der Waals surface area contributed by atoms with E-state index in [9.17, 15) is 4.79 Å². The molecule has 0 amide bonds. The SMILES string of the molecule is Cc1nc(N)nc2c1ncn2C1CO[C@@H](COC(=O)c2ccccc2)O1. The van der Waals surface area contributed by atoms with Gasteiger partial charge in [-0.15, -0.1) is 0 Å². The standard InChI is InChI=1S/C17H17N5O4/c1-10-14-15(21-17(18)20-10)22(9-19-14)12-7-24-13(26-12)8-25-16(23)11-5-3-2-4-6-11/h2-6,9,12-13H,7-8H2,1H3,(H2,18,20,21)/t12?,13-/m1/s1. The van der Waals surface area contributed by atoms with Gasteiger partial charge in [0.1, 0.15) is 12.1 Å². The summed E-state index contributed by atoms with van der Waals surface area (Å²) in [7, 11) is 0. The first kappa shape index (κ1) is 16.4. The Hall–Kier alpha value is -3.04. The van der Waals surface area contributed by atoms with Gasteiger partial charge >= 0.3 is 5.97 Å². The van der Waals surface area contributed by atoms with E-state index in [0.717, 1.165) is 0 Å². The number of benzene rings is 1. The van der Waals surface area contributed by atoms with Crippen molar-refractivity contribution in [2.75, 3.05) is 18.9 Å². The molecule has 0 radical (unpaired) electrons. The van der Waals surface area contributed by atoms with Crippen molar-refractivity contribution in [3.05, 3.63) is 47.9 Å². The molecule has 1 aliphatic heterocycles. The Morgan fingerprint density at radius 2 is 2.15 bits per heavy atom. The van der Waals surface area contributed by atoms with Crippen LogP contribution in [-0.2, 0) is 14.2 Å². The number of nitrogens with two attached hydrogens (primary N) is 1. The molecular weight excluding hydrogens is 338 g/mol. The fourth-order valence-electron chi connectivity index (χ4n) is 2.77. The lowest BCUT2D eigenvalue weighted by molar-refractivity contribution is -0.102. The molecule has 0 spiro atoms. The van der Waals surface area contributed by atoms with Crippen molar-refractivity contribution in [3.63, 3.8) is 0 Å². The first-order valence-corrected chi connectivity index (χ1v) is 8.07. The summed E-state index contributed by atoms with van der Waals surface area (Å²) in [6.45, 7) is 2.09. The second-order valence-corrected chi connectivity index (χ2v) is 5.81. The quantitative estimate of drug-likeness (QED) is 0.699. The molecule has 2 N–H and O–H groups in total. The van der Waals surface area contributed by atoms with Crippen molar-refractivity contribution in [1.82, 2.24) is 19.5 Å². The van der Waals surface area contributed by atoms with E-state index in [-0.39, 0.29) is 19.2 Å². The highest BCUT2D eigenvalue weighted by Gasteiger charge is 2.30. The highest BCUT2D eigenvalue weighted by Crippen LogP contribution is 2.25. The number of aryl methyl sites for hydroxylation is 1. The van der Waals surface area contributed by atoms with Crippen LogP contribution in [0.25, 0.3) is 11.2 Å². The second kappa shape index (κ2) is 6.70. The number of nitrogens with zero attached hydrogens (tertiary/aromatic N) is 4. The normalized spacial score (nSPS) is 19.7. The van der Waals surface area contributed by atoms with Crippen molar-refractivity contribution in [1.29, 1.82) is 0 Å². The van der Waals surface area contributed by atoms with Crippen LogP contribution in [0.3, 0.4) is 0 Å². The molecule has 2 atom stereocenters. The summed E-state index contributed by atoms with van der Waals surface area (Å²) in [5.41, 5.74) is 8.12. The molecule has 1 saturated heterocycles. The van der Waals surface area contributed by atoms with Gasteiger partial charge in [0.25, 0.3) is 0 Å². The number of rotatable bonds is 4. The molecule has 26 heavy (non-hydrogen) atoms. The number of esters is 1. The zero-order valence-corrected chi connectivity index (χ0v) is 14.0. The third-order valence-corrected chi connectivity index (χ3v) is 4.02. The maximum Gasteiger partial charge on any atom is 0.338 e. The van der Waals surface area contributed by atoms with Gasteiger partial charge in [0, 0.05) is 0 Å². The Balaban J connectivity index is 1.42. The summed E-state index contributed by atoms with van der Waals surface area (Å²) in [5.74, 6) is -0.255. The summed E-state index contributed by atoms with van der Waals surface area (Å²) >= 11 is 0. The number of nitrogen functional groups attached to an aromatic ring is 1. The minimum absolute atomic E-state index is 0.00694. The minimum atomic E-state index is -0.662. The molecule has 9 heteroatoms. The van der Waals surface area contributed by atoms with Crippen LogP contribution >= 0.6 is 0 Å². The Morgan fingerprint density at radius 3 is 2.96 bits per heavy atom. The molecule has 0 saturated carbocycles. The molecule has 2 aromatic heterocycles. The van der Waals surface area contributed by atoms with Gasteiger partial charge < -0.3 is 19.9 Å². The lowest BCUT2D eigenvalue weighted by Gasteiger charge is -2.13. The van der Waals surface area contributed by atoms with Gasteiger partial charge in [-0.2, -0.15) is 4.98 Å². The van der Waals surface area contributed by atoms with Crippen LogP contribution in [0, 0.1) is 6.92 Å². The van der Waals surface area contributed by atoms with Crippen molar-refractivity contribution in [2.45, 2.75) is 19.4 Å². The van der Waals surface area contributed by atoms with E-state index >= 15 is 0 Å². The molecule has 1 unspecified atom stereocenters. The predicted molar refractivity (Wildman–Crippen MR) is 91.1 cm³/mol. The van der Waals surface area contributed by atoms with Gasteiger partial charge in [0.05, 0.1) is 24.2 Å². The highest BCUT2D eigenvalue weighted by molar-refractivity contribution is 5.89. The maximum absolute atomic E-state index is 12.0. The number of carbonyl (C=O) groups is 1. The second-order valence-electron chi connectivity index (χ2n) is 5.81. The first-order valence-electron chi connectivity index (χ1n) is 8.07. The van der Waals surface area contributed by atoms with Crippen LogP contribution in [0.5, 0.6) is 0 Å². The van der Waals surface area contributed by atoms with Crippen molar-refractivity contribution < 1.29 is 19.0 Å². The van der Waals surface area contributed by atoms with Crippen LogP contribution in [0.2, 0.25) is 0 Å². The van der Waals surface area contributed by atoms with Gasteiger partial charge in [-0.3, -0.25) is 4.57 Å². The van der Waals surface area contributed by atoms with Crippen molar-refractivity contribution in [2.24, 2.45) is 0 Å². The zero-order valence-electron chi connectivity index (χ0n) is 14.0. The van der Waals surface area contributed by atoms with Crippen LogP contribution in [-0.4, -0.2) is 45.0 Å². The predicted octanol–water partition coefficient (Wildman–Crippen LogP) is 1.45. The van der Waals surface area contributed by atoms with E-state index in [4.69, 9.17) is 19.9 Å². The summed E-state index contributed by atoms with van der Waals surface area (Å²) in [6.07, 6.45) is 0.512. The van der Waals surface area contributed by atoms with E-state index in [1.807, 2.05) is 13.0 Å². The zero-order chi connectivity index (χ0) is 18.1. The Bertz CT molecular complexity index is 943. The molecule has 3 heterocycles. The Morgan fingerprint density at radius 1 is 1.35 bits per heavy atom. The van der Waals surface area contributed by atoms with Crippen LogP contribution in [0.4, 0.5) is 5.95 Å². The molecule has 134 valence electrons. The Kier molecular flexibility index (Phi) is 4.23.